The van der Waals surface area contributed by atoms with Crippen LogP contribution in [0.15, 0.2) is 34.4 Å². The molecule has 1 aromatic carbocycles. The van der Waals surface area contributed by atoms with Crippen LogP contribution in [0.1, 0.15) is 28.8 Å². The molecule has 2 aromatic rings. The van der Waals surface area contributed by atoms with Crippen LogP contribution in [0.25, 0.3) is 6.08 Å². The first-order valence-corrected chi connectivity index (χ1v) is 9.78. The van der Waals surface area contributed by atoms with Gasteiger partial charge in [-0.3, -0.25) is 19.8 Å². The zero-order valence-corrected chi connectivity index (χ0v) is 18.3. The number of hydrogen-bond donors (Lipinski definition) is 2. The number of nitro groups is 1. The van der Waals surface area contributed by atoms with Crippen LogP contribution in [0, 0.1) is 10.1 Å². The van der Waals surface area contributed by atoms with E-state index >= 15 is 0 Å². The monoisotopic (exact) mass is 493 g/mol. The molecule has 1 fully saturated rings. The number of benzene rings is 1. The van der Waals surface area contributed by atoms with Gasteiger partial charge in [0.25, 0.3) is 5.91 Å². The third kappa shape index (κ3) is 4.99. The second kappa shape index (κ2) is 9.62. The Bertz CT molecular complexity index is 1240. The molecule has 0 radical (unpaired) electrons. The van der Waals surface area contributed by atoms with Crippen LogP contribution in [-0.2, 0) is 20.9 Å². The number of nitrogens with one attached hydrogen (secondary N) is 1. The van der Waals surface area contributed by atoms with Gasteiger partial charge < -0.3 is 24.3 Å². The van der Waals surface area contributed by atoms with Crippen LogP contribution in [0.5, 0.6) is 5.75 Å². The van der Waals surface area contributed by atoms with E-state index < -0.39 is 46.3 Å². The normalized spacial score (nSPS) is 15.3. The van der Waals surface area contributed by atoms with Gasteiger partial charge in [-0.25, -0.2) is 14.4 Å². The zero-order valence-electron chi connectivity index (χ0n) is 17.6. The van der Waals surface area contributed by atoms with E-state index in [0.717, 1.165) is 31.1 Å². The van der Waals surface area contributed by atoms with E-state index in [4.69, 9.17) is 25.9 Å². The third-order valence-corrected chi connectivity index (χ3v) is 4.74. The minimum absolute atomic E-state index is 0.0894. The van der Waals surface area contributed by atoms with Crippen molar-refractivity contribution in [2.24, 2.45) is 0 Å². The van der Waals surface area contributed by atoms with Crippen molar-refractivity contribution in [3.05, 3.63) is 62.2 Å². The van der Waals surface area contributed by atoms with Gasteiger partial charge in [-0.05, 0) is 31.2 Å². The Morgan fingerprint density at radius 2 is 2.06 bits per heavy atom. The lowest BCUT2D eigenvalue weighted by Crippen LogP contribution is -2.30. The fourth-order valence-corrected chi connectivity index (χ4v) is 3.12. The second-order valence-electron chi connectivity index (χ2n) is 6.84. The Morgan fingerprint density at radius 1 is 1.35 bits per heavy atom. The number of nitrogens with zero attached hydrogens (tertiary/aromatic N) is 2. The van der Waals surface area contributed by atoms with Crippen molar-refractivity contribution in [2.45, 2.75) is 19.6 Å². The van der Waals surface area contributed by atoms with Gasteiger partial charge >= 0.3 is 23.7 Å². The van der Waals surface area contributed by atoms with Gasteiger partial charge in [0, 0.05) is 16.7 Å². The van der Waals surface area contributed by atoms with E-state index in [0.29, 0.717) is 0 Å². The number of carbonyl (C=O) groups excluding carboxylic acids is 3. The maximum absolute atomic E-state index is 12.8. The first kappa shape index (κ1) is 24.3. The molecular weight excluding hydrogens is 478 g/mol. The molecule has 1 aromatic heterocycles. The van der Waals surface area contributed by atoms with Crippen LogP contribution >= 0.6 is 11.6 Å². The number of imide groups is 1. The number of halogens is 1. The number of furan rings is 1. The fraction of sp³-hybridized carbons (Fsp3) is 0.200. The molecular formula is C20H16ClN3O10. The second-order valence-corrected chi connectivity index (χ2v) is 7.27. The molecule has 1 saturated heterocycles. The van der Waals surface area contributed by atoms with Crippen molar-refractivity contribution in [1.82, 2.24) is 10.2 Å². The van der Waals surface area contributed by atoms with E-state index in [1.54, 1.807) is 0 Å². The van der Waals surface area contributed by atoms with Gasteiger partial charge in [-0.1, -0.05) is 11.6 Å². The fourth-order valence-electron chi connectivity index (χ4n) is 2.90. The summed E-state index contributed by atoms with van der Waals surface area (Å²) < 4.78 is 15.0. The minimum atomic E-state index is -1.47. The molecule has 0 aliphatic carbocycles. The van der Waals surface area contributed by atoms with Crippen LogP contribution in [0.3, 0.4) is 0 Å². The maximum Gasteiger partial charge on any atom is 0.373 e. The summed E-state index contributed by atoms with van der Waals surface area (Å²) in [6.45, 7) is 0.835. The molecule has 2 heterocycles. The highest BCUT2D eigenvalue weighted by Crippen LogP contribution is 2.37. The van der Waals surface area contributed by atoms with Crippen LogP contribution in [-0.4, -0.2) is 52.0 Å². The van der Waals surface area contributed by atoms with Crippen molar-refractivity contribution in [1.29, 1.82) is 0 Å². The van der Waals surface area contributed by atoms with Crippen LogP contribution < -0.4 is 10.1 Å². The summed E-state index contributed by atoms with van der Waals surface area (Å²) in [6.07, 6.45) is -0.393. The van der Waals surface area contributed by atoms with Crippen molar-refractivity contribution in [3.63, 3.8) is 0 Å². The van der Waals surface area contributed by atoms with E-state index in [9.17, 15) is 29.3 Å². The lowest BCUT2D eigenvalue weighted by molar-refractivity contribution is -0.386. The SMILES string of the molecule is COC(=O)c1ccc(CN2C(=O)NC(=Cc3cc(Cl)cc([N+](=O)[O-])c3OC(C)C(=O)O)C2=O)o1. The van der Waals surface area contributed by atoms with Gasteiger partial charge in [0.1, 0.15) is 11.5 Å². The largest absolute Gasteiger partial charge is 0.479 e. The number of aliphatic carboxylic acids is 1. The van der Waals surface area contributed by atoms with Gasteiger partial charge in [0.05, 0.1) is 18.6 Å². The molecule has 2 N–H and O–H groups in total. The number of carboxylic acid groups (broad SMARTS) is 1. The number of carbonyl (C=O) groups is 4. The Balaban J connectivity index is 1.95. The van der Waals surface area contributed by atoms with Gasteiger partial charge in [-0.2, -0.15) is 0 Å². The number of amides is 3. The standard InChI is InChI=1S/C20H16ClN3O10/c1-9(18(26)27)33-16-10(5-11(21)7-14(16)24(30)31)6-13-17(25)23(20(29)22-13)8-12-3-4-15(34-12)19(28)32-2/h3-7,9H,8H2,1-2H3,(H,22,29)(H,26,27). The molecule has 1 aliphatic heterocycles. The minimum Gasteiger partial charge on any atom is -0.479 e. The lowest BCUT2D eigenvalue weighted by atomic mass is 10.1. The number of urea groups is 1. The molecule has 3 amide bonds. The highest BCUT2D eigenvalue weighted by Gasteiger charge is 2.35. The predicted molar refractivity (Wildman–Crippen MR) is 113 cm³/mol. The van der Waals surface area contributed by atoms with Crippen LogP contribution in [0.2, 0.25) is 5.02 Å². The summed E-state index contributed by atoms with van der Waals surface area (Å²) in [6, 6.07) is 4.04. The predicted octanol–water partition coefficient (Wildman–Crippen LogP) is 2.57. The zero-order chi connectivity index (χ0) is 25.2. The number of nitro benzene ring substituents is 1. The average molecular weight is 494 g/mol. The molecule has 0 spiro atoms. The Labute approximate surface area is 195 Å². The summed E-state index contributed by atoms with van der Waals surface area (Å²) >= 11 is 5.95. The molecule has 0 saturated carbocycles. The Kier molecular flexibility index (Phi) is 6.86. The molecule has 34 heavy (non-hydrogen) atoms. The number of methoxy groups -OCH3 is 1. The maximum atomic E-state index is 12.8. The molecule has 3 rings (SSSR count). The van der Waals surface area contributed by atoms with E-state index in [1.165, 1.54) is 18.2 Å². The molecule has 14 heteroatoms. The number of rotatable bonds is 8. The highest BCUT2D eigenvalue weighted by molar-refractivity contribution is 6.31. The van der Waals surface area contributed by atoms with Crippen molar-refractivity contribution in [2.75, 3.05) is 7.11 Å². The summed E-state index contributed by atoms with van der Waals surface area (Å²) in [5.74, 6) is -3.41. The van der Waals surface area contributed by atoms with E-state index in [-0.39, 0.29) is 34.3 Å². The van der Waals surface area contributed by atoms with Gasteiger partial charge in [0.2, 0.25) is 11.5 Å². The molecule has 178 valence electrons. The number of ether oxygens (including phenoxy) is 2. The third-order valence-electron chi connectivity index (χ3n) is 4.53. The molecule has 1 aliphatic rings. The molecule has 1 unspecified atom stereocenters. The topological polar surface area (TPSA) is 179 Å². The Morgan fingerprint density at radius 3 is 2.68 bits per heavy atom. The molecule has 0 bridgehead atoms. The average Bonchev–Trinajstić information content (AvgIpc) is 3.35. The summed E-state index contributed by atoms with van der Waals surface area (Å²) in [7, 11) is 1.16. The van der Waals surface area contributed by atoms with Crippen molar-refractivity contribution >= 4 is 47.2 Å². The quantitative estimate of drug-likeness (QED) is 0.182. The summed E-state index contributed by atoms with van der Waals surface area (Å²) in [5, 5.41) is 22.8. The molecule has 13 nitrogen and oxygen atoms in total. The van der Waals surface area contributed by atoms with Gasteiger partial charge in [0.15, 0.2) is 6.10 Å². The number of hydrogen-bond acceptors (Lipinski definition) is 9. The smallest absolute Gasteiger partial charge is 0.373 e. The molecule has 1 atom stereocenters. The van der Waals surface area contributed by atoms with E-state index in [1.807, 2.05) is 0 Å². The van der Waals surface area contributed by atoms with Crippen molar-refractivity contribution < 1.29 is 43.1 Å². The highest BCUT2D eigenvalue weighted by atomic mass is 35.5. The van der Waals surface area contributed by atoms with Gasteiger partial charge in [-0.15, -0.1) is 0 Å². The number of carboxylic acids is 1. The van der Waals surface area contributed by atoms with Crippen molar-refractivity contribution in [3.8, 4) is 5.75 Å². The lowest BCUT2D eigenvalue weighted by Gasteiger charge is -2.14. The summed E-state index contributed by atoms with van der Waals surface area (Å²) in [4.78, 5) is 59.3. The van der Waals surface area contributed by atoms with Crippen LogP contribution in [0.4, 0.5) is 10.5 Å². The Hall–Kier alpha value is -4.39. The number of esters is 1. The summed E-state index contributed by atoms with van der Waals surface area (Å²) in [5.41, 5.74) is -1.02. The van der Waals surface area contributed by atoms with E-state index in [2.05, 4.69) is 10.1 Å². The first-order chi connectivity index (χ1) is 16.0. The first-order valence-electron chi connectivity index (χ1n) is 9.40.